The van der Waals surface area contributed by atoms with Crippen molar-refractivity contribution in [3.63, 3.8) is 0 Å². The average Bonchev–Trinajstić information content (AvgIpc) is 2.15. The minimum absolute atomic E-state index is 0.573. The van der Waals surface area contributed by atoms with Crippen molar-refractivity contribution in [2.45, 2.75) is 0 Å². The third kappa shape index (κ3) is 4.69. The van der Waals surface area contributed by atoms with Gasteiger partial charge in [0.25, 0.3) is 10.2 Å². The summed E-state index contributed by atoms with van der Waals surface area (Å²) in [7, 11) is -3.67. The van der Waals surface area contributed by atoms with Crippen LogP contribution in [0, 0.1) is 0 Å². The first-order valence-corrected chi connectivity index (χ1v) is 5.89. The van der Waals surface area contributed by atoms with E-state index in [1.165, 1.54) is 0 Å². The lowest BCUT2D eigenvalue weighted by atomic mass is 10.2. The molecule has 6 nitrogen and oxygen atoms in total. The lowest BCUT2D eigenvalue weighted by molar-refractivity contribution is 0.599. The second-order valence-corrected chi connectivity index (χ2v) is 4.20. The maximum atomic E-state index is 9.19. The fourth-order valence-electron chi connectivity index (χ4n) is 1.08. The van der Waals surface area contributed by atoms with Crippen LogP contribution in [0.3, 0.4) is 0 Å². The summed E-state index contributed by atoms with van der Waals surface area (Å²) in [6.45, 7) is 0. The van der Waals surface area contributed by atoms with Gasteiger partial charge in [-0.05, 0) is 18.2 Å². The Morgan fingerprint density at radius 1 is 1.00 bits per heavy atom. The van der Waals surface area contributed by atoms with Gasteiger partial charge >= 0.3 is 0 Å². The summed E-state index contributed by atoms with van der Waals surface area (Å²) < 4.78 is 18.4. The molecular weight excluding hydrogens is 228 g/mol. The molecule has 6 N–H and O–H groups in total. The van der Waals surface area contributed by atoms with Crippen molar-refractivity contribution in [2.24, 2.45) is 10.3 Å². The second-order valence-electron chi connectivity index (χ2n) is 3.02. The molecule has 0 aliphatic heterocycles. The van der Waals surface area contributed by atoms with Gasteiger partial charge in [0.1, 0.15) is 5.82 Å². The van der Waals surface area contributed by atoms with Crippen LogP contribution in [0.25, 0.3) is 10.9 Å². The highest BCUT2D eigenvalue weighted by atomic mass is 32.2. The zero-order chi connectivity index (χ0) is 12.2. The molecule has 1 heterocycles. The van der Waals surface area contributed by atoms with Gasteiger partial charge in [-0.2, -0.15) is 8.42 Å². The fraction of sp³-hybridized carbons (Fsp3) is 0. The summed E-state index contributed by atoms with van der Waals surface area (Å²) >= 11 is 0. The van der Waals surface area contributed by atoms with Crippen molar-refractivity contribution in [2.75, 3.05) is 5.73 Å². The van der Waals surface area contributed by atoms with Crippen LogP contribution in [-0.4, -0.2) is 13.4 Å². The van der Waals surface area contributed by atoms with Crippen LogP contribution in [0.15, 0.2) is 36.4 Å². The van der Waals surface area contributed by atoms with Crippen LogP contribution < -0.4 is 16.0 Å². The van der Waals surface area contributed by atoms with Gasteiger partial charge in [0.2, 0.25) is 0 Å². The number of hydrogen-bond acceptors (Lipinski definition) is 4. The molecule has 0 saturated heterocycles. The molecule has 2 aromatic rings. The summed E-state index contributed by atoms with van der Waals surface area (Å²) in [6, 6.07) is 11.7. The van der Waals surface area contributed by atoms with Gasteiger partial charge < -0.3 is 5.73 Å². The maximum Gasteiger partial charge on any atom is 0.271 e. The summed E-state index contributed by atoms with van der Waals surface area (Å²) in [5.74, 6) is 0.573. The Hall–Kier alpha value is -1.70. The number of pyridine rings is 1. The van der Waals surface area contributed by atoms with E-state index in [4.69, 9.17) is 5.73 Å². The highest BCUT2D eigenvalue weighted by Crippen LogP contribution is 2.11. The number of nitrogens with two attached hydrogens (primary N) is 3. The molecule has 0 fully saturated rings. The number of nitrogens with zero attached hydrogens (tertiary/aromatic N) is 1. The number of rotatable bonds is 0. The molecule has 2 rings (SSSR count). The Morgan fingerprint density at radius 3 is 2.19 bits per heavy atom. The summed E-state index contributed by atoms with van der Waals surface area (Å²) in [6.07, 6.45) is 0. The van der Waals surface area contributed by atoms with Crippen LogP contribution in [0.1, 0.15) is 0 Å². The van der Waals surface area contributed by atoms with Gasteiger partial charge in [0.05, 0.1) is 5.52 Å². The van der Waals surface area contributed by atoms with Gasteiger partial charge in [0, 0.05) is 5.39 Å². The SMILES string of the molecule is NS(N)(=O)=O.Nc1ccc2ccccc2n1. The second kappa shape index (κ2) is 4.88. The first-order chi connectivity index (χ1) is 7.36. The van der Waals surface area contributed by atoms with Crippen LogP contribution in [-0.2, 0) is 10.2 Å². The van der Waals surface area contributed by atoms with E-state index in [1.54, 1.807) is 0 Å². The van der Waals surface area contributed by atoms with Crippen molar-refractivity contribution in [3.05, 3.63) is 36.4 Å². The Morgan fingerprint density at radius 2 is 1.56 bits per heavy atom. The molecule has 1 aromatic carbocycles. The molecule has 0 saturated carbocycles. The zero-order valence-corrected chi connectivity index (χ0v) is 9.18. The number of aromatic nitrogens is 1. The summed E-state index contributed by atoms with van der Waals surface area (Å²) in [5.41, 5.74) is 6.46. The topological polar surface area (TPSA) is 125 Å². The first-order valence-electron chi connectivity index (χ1n) is 4.28. The normalized spacial score (nSPS) is 10.6. The number of anilines is 1. The zero-order valence-electron chi connectivity index (χ0n) is 8.37. The van der Waals surface area contributed by atoms with Crippen LogP contribution in [0.4, 0.5) is 5.82 Å². The van der Waals surface area contributed by atoms with Gasteiger partial charge in [0.15, 0.2) is 0 Å². The molecule has 86 valence electrons. The smallest absolute Gasteiger partial charge is 0.271 e. The predicted octanol–water partition coefficient (Wildman–Crippen LogP) is -0.0344. The van der Waals surface area contributed by atoms with E-state index in [0.29, 0.717) is 5.82 Å². The lowest BCUT2D eigenvalue weighted by Gasteiger charge is -1.95. The summed E-state index contributed by atoms with van der Waals surface area (Å²) in [5, 5.41) is 9.33. The number of para-hydroxylation sites is 1. The molecule has 1 aromatic heterocycles. The van der Waals surface area contributed by atoms with Crippen LogP contribution in [0.5, 0.6) is 0 Å². The quantitative estimate of drug-likeness (QED) is 0.597. The minimum atomic E-state index is -3.67. The summed E-state index contributed by atoms with van der Waals surface area (Å²) in [4.78, 5) is 4.15. The van der Waals surface area contributed by atoms with E-state index >= 15 is 0 Å². The molecule has 0 aliphatic carbocycles. The van der Waals surface area contributed by atoms with E-state index in [9.17, 15) is 8.42 Å². The van der Waals surface area contributed by atoms with Crippen LogP contribution in [0.2, 0.25) is 0 Å². The van der Waals surface area contributed by atoms with Crippen molar-refractivity contribution >= 4 is 26.9 Å². The van der Waals surface area contributed by atoms with E-state index in [2.05, 4.69) is 15.3 Å². The Bertz CT molecular complexity index is 575. The molecule has 0 aliphatic rings. The highest BCUT2D eigenvalue weighted by molar-refractivity contribution is 7.86. The lowest BCUT2D eigenvalue weighted by Crippen LogP contribution is -2.21. The molecule has 0 unspecified atom stereocenters. The van der Waals surface area contributed by atoms with Crippen molar-refractivity contribution in [3.8, 4) is 0 Å². The third-order valence-electron chi connectivity index (χ3n) is 1.62. The predicted molar refractivity (Wildman–Crippen MR) is 63.5 cm³/mol. The van der Waals surface area contributed by atoms with E-state index in [0.717, 1.165) is 10.9 Å². The van der Waals surface area contributed by atoms with Crippen molar-refractivity contribution in [1.82, 2.24) is 4.98 Å². The van der Waals surface area contributed by atoms with Gasteiger partial charge in [-0.25, -0.2) is 15.3 Å². The number of hydrogen-bond donors (Lipinski definition) is 3. The van der Waals surface area contributed by atoms with E-state index in [-0.39, 0.29) is 0 Å². The Labute approximate surface area is 93.3 Å². The Kier molecular flexibility index (Phi) is 3.78. The van der Waals surface area contributed by atoms with E-state index in [1.807, 2.05) is 36.4 Å². The fourth-order valence-corrected chi connectivity index (χ4v) is 1.08. The van der Waals surface area contributed by atoms with Gasteiger partial charge in [-0.15, -0.1) is 0 Å². The van der Waals surface area contributed by atoms with Crippen molar-refractivity contribution < 1.29 is 8.42 Å². The van der Waals surface area contributed by atoms with E-state index < -0.39 is 10.2 Å². The highest BCUT2D eigenvalue weighted by Gasteiger charge is 1.91. The number of benzene rings is 1. The largest absolute Gasteiger partial charge is 0.384 e. The molecule has 16 heavy (non-hydrogen) atoms. The number of nitrogen functional groups attached to an aromatic ring is 1. The molecule has 0 amide bonds. The Balaban J connectivity index is 0.000000221. The molecule has 0 radical (unpaired) electrons. The molecule has 0 atom stereocenters. The monoisotopic (exact) mass is 240 g/mol. The third-order valence-corrected chi connectivity index (χ3v) is 1.62. The average molecular weight is 240 g/mol. The molecule has 7 heteroatoms. The van der Waals surface area contributed by atoms with Gasteiger partial charge in [-0.1, -0.05) is 18.2 Å². The van der Waals surface area contributed by atoms with Gasteiger partial charge in [-0.3, -0.25) is 0 Å². The number of fused-ring (bicyclic) bond motifs is 1. The maximum absolute atomic E-state index is 9.19. The standard InChI is InChI=1S/C9H8N2.H4N2O2S/c10-9-6-5-7-3-1-2-4-8(7)11-9;1-5(2,3)4/h1-6H,(H2,10,11);(H4,1,2,3,4). The molecule has 0 bridgehead atoms. The minimum Gasteiger partial charge on any atom is -0.384 e. The van der Waals surface area contributed by atoms with Crippen molar-refractivity contribution in [1.29, 1.82) is 0 Å². The molecule has 0 spiro atoms. The first kappa shape index (κ1) is 12.4. The molecular formula is C9H12N4O2S. The van der Waals surface area contributed by atoms with Crippen LogP contribution >= 0.6 is 0 Å².